The summed E-state index contributed by atoms with van der Waals surface area (Å²) in [5, 5.41) is 3.85. The van der Waals surface area contributed by atoms with Crippen LogP contribution in [0.1, 0.15) is 16.3 Å². The van der Waals surface area contributed by atoms with Gasteiger partial charge in [-0.15, -0.1) is 11.3 Å². The van der Waals surface area contributed by atoms with Crippen molar-refractivity contribution in [3.05, 3.63) is 38.9 Å². The fraction of sp³-hybridized carbons (Fsp3) is 0.364. The Labute approximate surface area is 109 Å². The van der Waals surface area contributed by atoms with Gasteiger partial charge in [0.1, 0.15) is 0 Å². The first-order valence-corrected chi connectivity index (χ1v) is 6.44. The summed E-state index contributed by atoms with van der Waals surface area (Å²) in [6.45, 7) is 1.96. The van der Waals surface area contributed by atoms with Gasteiger partial charge in [0, 0.05) is 24.0 Å². The minimum Gasteiger partial charge on any atom is -0.360 e. The van der Waals surface area contributed by atoms with E-state index in [1.807, 2.05) is 25.2 Å². The van der Waals surface area contributed by atoms with Crippen LogP contribution < -0.4 is 5.73 Å². The van der Waals surface area contributed by atoms with E-state index in [0.717, 1.165) is 22.3 Å². The van der Waals surface area contributed by atoms with Crippen LogP contribution in [0, 0.1) is 0 Å². The Morgan fingerprint density at radius 1 is 1.47 bits per heavy atom. The van der Waals surface area contributed by atoms with E-state index in [4.69, 9.17) is 21.9 Å². The van der Waals surface area contributed by atoms with Crippen LogP contribution in [0.15, 0.2) is 22.7 Å². The van der Waals surface area contributed by atoms with Crippen LogP contribution in [0.5, 0.6) is 0 Å². The molecule has 2 N–H and O–H groups in total. The Kier molecular flexibility index (Phi) is 4.17. The van der Waals surface area contributed by atoms with Gasteiger partial charge < -0.3 is 10.3 Å². The Balaban J connectivity index is 1.90. The molecule has 92 valence electrons. The van der Waals surface area contributed by atoms with Crippen molar-refractivity contribution in [2.24, 2.45) is 5.73 Å². The highest BCUT2D eigenvalue weighted by Crippen LogP contribution is 2.22. The van der Waals surface area contributed by atoms with Crippen molar-refractivity contribution in [3.63, 3.8) is 0 Å². The fourth-order valence-electron chi connectivity index (χ4n) is 1.55. The van der Waals surface area contributed by atoms with Gasteiger partial charge in [0.25, 0.3) is 0 Å². The van der Waals surface area contributed by atoms with Crippen molar-refractivity contribution in [2.75, 3.05) is 7.05 Å². The molecule has 0 amide bonds. The molecule has 2 heterocycles. The minimum atomic E-state index is 0.410. The van der Waals surface area contributed by atoms with Crippen molar-refractivity contribution in [1.82, 2.24) is 10.1 Å². The summed E-state index contributed by atoms with van der Waals surface area (Å²) in [4.78, 5) is 3.37. The molecular formula is C11H14ClN3OS. The van der Waals surface area contributed by atoms with Gasteiger partial charge in [0.05, 0.1) is 16.6 Å². The number of aromatic nitrogens is 1. The molecule has 0 saturated heterocycles. The molecule has 2 aromatic heterocycles. The van der Waals surface area contributed by atoms with Gasteiger partial charge in [-0.1, -0.05) is 16.8 Å². The highest BCUT2D eigenvalue weighted by Gasteiger charge is 2.08. The molecule has 0 unspecified atom stereocenters. The predicted octanol–water partition coefficient (Wildman–Crippen LogP) is 2.48. The zero-order chi connectivity index (χ0) is 12.3. The van der Waals surface area contributed by atoms with E-state index in [2.05, 4.69) is 10.1 Å². The molecular weight excluding hydrogens is 258 g/mol. The second kappa shape index (κ2) is 5.64. The fourth-order valence-corrected chi connectivity index (χ4v) is 2.72. The first kappa shape index (κ1) is 12.6. The van der Waals surface area contributed by atoms with Crippen molar-refractivity contribution in [1.29, 1.82) is 0 Å². The number of nitrogens with two attached hydrogens (primary N) is 1. The summed E-state index contributed by atoms with van der Waals surface area (Å²) >= 11 is 7.48. The summed E-state index contributed by atoms with van der Waals surface area (Å²) in [5.74, 6) is 0.829. The Hall–Kier alpha value is -0.880. The van der Waals surface area contributed by atoms with Gasteiger partial charge in [-0.05, 0) is 19.2 Å². The summed E-state index contributed by atoms with van der Waals surface area (Å²) in [6.07, 6.45) is 0. The van der Waals surface area contributed by atoms with E-state index < -0.39 is 0 Å². The lowest BCUT2D eigenvalue weighted by Gasteiger charge is -2.12. The normalized spacial score (nSPS) is 11.3. The van der Waals surface area contributed by atoms with Crippen LogP contribution in [0.4, 0.5) is 0 Å². The molecule has 2 rings (SSSR count). The van der Waals surface area contributed by atoms with Crippen LogP contribution >= 0.6 is 22.9 Å². The maximum absolute atomic E-state index is 5.88. The van der Waals surface area contributed by atoms with E-state index in [-0.39, 0.29) is 0 Å². The Morgan fingerprint density at radius 3 is 2.88 bits per heavy atom. The van der Waals surface area contributed by atoms with E-state index in [0.29, 0.717) is 13.1 Å². The lowest BCUT2D eigenvalue weighted by atomic mass is 10.3. The molecule has 0 bridgehead atoms. The van der Waals surface area contributed by atoms with Gasteiger partial charge in [-0.2, -0.15) is 0 Å². The van der Waals surface area contributed by atoms with Gasteiger partial charge in [0.2, 0.25) is 0 Å². The van der Waals surface area contributed by atoms with E-state index in [9.17, 15) is 0 Å². The van der Waals surface area contributed by atoms with Gasteiger partial charge in [-0.25, -0.2) is 0 Å². The molecule has 0 fully saturated rings. The van der Waals surface area contributed by atoms with Crippen molar-refractivity contribution < 1.29 is 4.52 Å². The number of halogens is 1. The molecule has 0 aromatic carbocycles. The second-order valence-corrected chi connectivity index (χ2v) is 5.67. The van der Waals surface area contributed by atoms with Crippen LogP contribution in [-0.2, 0) is 19.6 Å². The topological polar surface area (TPSA) is 55.3 Å². The molecule has 0 aliphatic carbocycles. The van der Waals surface area contributed by atoms with Gasteiger partial charge in [0.15, 0.2) is 5.76 Å². The molecule has 0 spiro atoms. The highest BCUT2D eigenvalue weighted by atomic mass is 35.5. The molecule has 0 atom stereocenters. The molecule has 0 aliphatic heterocycles. The number of hydrogen-bond donors (Lipinski definition) is 1. The summed E-state index contributed by atoms with van der Waals surface area (Å²) in [6, 6.07) is 5.84. The predicted molar refractivity (Wildman–Crippen MR) is 68.9 cm³/mol. The minimum absolute atomic E-state index is 0.410. The summed E-state index contributed by atoms with van der Waals surface area (Å²) < 4.78 is 5.99. The van der Waals surface area contributed by atoms with Crippen molar-refractivity contribution in [3.8, 4) is 0 Å². The molecule has 2 aromatic rings. The Morgan fingerprint density at radius 2 is 2.29 bits per heavy atom. The standard InChI is InChI=1S/C11H14ClN3OS/c1-15(7-10-2-3-11(12)17-10)6-9-4-8(5-13)14-16-9/h2-4H,5-7,13H2,1H3. The van der Waals surface area contributed by atoms with Crippen molar-refractivity contribution in [2.45, 2.75) is 19.6 Å². The molecule has 17 heavy (non-hydrogen) atoms. The Bertz CT molecular complexity index is 483. The third kappa shape index (κ3) is 3.54. The van der Waals surface area contributed by atoms with Crippen LogP contribution in [0.25, 0.3) is 0 Å². The third-order valence-electron chi connectivity index (χ3n) is 2.30. The summed E-state index contributed by atoms with van der Waals surface area (Å²) in [5.41, 5.74) is 6.26. The third-order valence-corrected chi connectivity index (χ3v) is 3.51. The first-order chi connectivity index (χ1) is 8.17. The van der Waals surface area contributed by atoms with E-state index in [1.165, 1.54) is 4.88 Å². The molecule has 0 aliphatic rings. The maximum atomic E-state index is 5.88. The van der Waals surface area contributed by atoms with Crippen LogP contribution in [0.2, 0.25) is 4.34 Å². The first-order valence-electron chi connectivity index (χ1n) is 5.24. The van der Waals surface area contributed by atoms with Gasteiger partial charge >= 0.3 is 0 Å². The molecule has 0 saturated carbocycles. The zero-order valence-electron chi connectivity index (χ0n) is 9.52. The average Bonchev–Trinajstić information content (AvgIpc) is 2.88. The zero-order valence-corrected chi connectivity index (χ0v) is 11.1. The average molecular weight is 272 g/mol. The SMILES string of the molecule is CN(Cc1cc(CN)no1)Cc1ccc(Cl)s1. The van der Waals surface area contributed by atoms with Crippen molar-refractivity contribution >= 4 is 22.9 Å². The smallest absolute Gasteiger partial charge is 0.151 e. The monoisotopic (exact) mass is 271 g/mol. The van der Waals surface area contributed by atoms with Crippen LogP contribution in [-0.4, -0.2) is 17.1 Å². The molecule has 4 nitrogen and oxygen atoms in total. The number of rotatable bonds is 5. The molecule has 0 radical (unpaired) electrons. The molecule has 6 heteroatoms. The quantitative estimate of drug-likeness (QED) is 0.908. The maximum Gasteiger partial charge on any atom is 0.151 e. The number of nitrogens with zero attached hydrogens (tertiary/aromatic N) is 2. The van der Waals surface area contributed by atoms with Gasteiger partial charge in [-0.3, -0.25) is 4.90 Å². The largest absolute Gasteiger partial charge is 0.360 e. The lowest BCUT2D eigenvalue weighted by molar-refractivity contribution is 0.267. The number of hydrogen-bond acceptors (Lipinski definition) is 5. The van der Waals surface area contributed by atoms with E-state index in [1.54, 1.807) is 11.3 Å². The number of thiophene rings is 1. The van der Waals surface area contributed by atoms with Crippen LogP contribution in [0.3, 0.4) is 0 Å². The van der Waals surface area contributed by atoms with E-state index >= 15 is 0 Å². The second-order valence-electron chi connectivity index (χ2n) is 3.87. The summed E-state index contributed by atoms with van der Waals surface area (Å²) in [7, 11) is 2.03. The highest BCUT2D eigenvalue weighted by molar-refractivity contribution is 7.16. The lowest BCUT2D eigenvalue weighted by Crippen LogP contribution is -2.16.